The highest BCUT2D eigenvalue weighted by atomic mass is 35.5. The summed E-state index contributed by atoms with van der Waals surface area (Å²) in [5.41, 5.74) is 0. The van der Waals surface area contributed by atoms with Crippen molar-refractivity contribution in [3.05, 3.63) is 40.7 Å². The maximum Gasteiger partial charge on any atom is 0.292 e. The molecule has 1 amide bonds. The minimum Gasteiger partial charge on any atom is -0.440 e. The van der Waals surface area contributed by atoms with E-state index < -0.39 is 5.91 Å². The van der Waals surface area contributed by atoms with E-state index in [2.05, 4.69) is 15.3 Å². The summed E-state index contributed by atoms with van der Waals surface area (Å²) in [7, 11) is 0. The van der Waals surface area contributed by atoms with Crippen LogP contribution in [0.15, 0.2) is 28.8 Å². The van der Waals surface area contributed by atoms with Gasteiger partial charge >= 0.3 is 0 Å². The van der Waals surface area contributed by atoms with Gasteiger partial charge in [-0.3, -0.25) is 4.79 Å². The van der Waals surface area contributed by atoms with Crippen molar-refractivity contribution < 1.29 is 9.21 Å². The molecule has 0 fully saturated rings. The van der Waals surface area contributed by atoms with Gasteiger partial charge in [0.1, 0.15) is 5.82 Å². The summed E-state index contributed by atoms with van der Waals surface area (Å²) in [6.07, 6.45) is 1.43. The van der Waals surface area contributed by atoms with E-state index in [1.807, 2.05) is 0 Å². The molecule has 0 aliphatic heterocycles. The molecule has 2 heterocycles. The number of hydrogen-bond acceptors (Lipinski definition) is 4. The molecule has 5 nitrogen and oxygen atoms in total. The summed E-state index contributed by atoms with van der Waals surface area (Å²) >= 11 is 11.1. The Morgan fingerprint density at radius 1 is 1.31 bits per heavy atom. The first-order valence-corrected chi connectivity index (χ1v) is 4.96. The van der Waals surface area contributed by atoms with E-state index in [4.69, 9.17) is 27.6 Å². The van der Waals surface area contributed by atoms with Gasteiger partial charge in [0.25, 0.3) is 5.91 Å². The minimum absolute atomic E-state index is 0.0512. The lowest BCUT2D eigenvalue weighted by molar-refractivity contribution is 0.0996. The molecule has 82 valence electrons. The van der Waals surface area contributed by atoms with Crippen molar-refractivity contribution in [3.8, 4) is 0 Å². The van der Waals surface area contributed by atoms with Crippen LogP contribution in [0.25, 0.3) is 0 Å². The normalized spacial score (nSPS) is 10.1. The summed E-state index contributed by atoms with van der Waals surface area (Å²) in [5.74, 6) is -0.0704. The van der Waals surface area contributed by atoms with E-state index in [0.29, 0.717) is 0 Å². The van der Waals surface area contributed by atoms with Gasteiger partial charge < -0.3 is 9.73 Å². The fourth-order valence-corrected chi connectivity index (χ4v) is 1.31. The van der Waals surface area contributed by atoms with Gasteiger partial charge in [0.2, 0.25) is 5.28 Å². The van der Waals surface area contributed by atoms with Crippen LogP contribution in [-0.2, 0) is 0 Å². The van der Waals surface area contributed by atoms with Crippen LogP contribution in [0.1, 0.15) is 10.6 Å². The Kier molecular flexibility index (Phi) is 3.07. The molecule has 0 aliphatic rings. The Hall–Kier alpha value is -1.59. The number of carbonyl (C=O) groups is 1. The third-order valence-electron chi connectivity index (χ3n) is 1.66. The van der Waals surface area contributed by atoms with Crippen molar-refractivity contribution in [1.29, 1.82) is 0 Å². The van der Waals surface area contributed by atoms with Gasteiger partial charge in [-0.25, -0.2) is 9.97 Å². The summed E-state index contributed by atoms with van der Waals surface area (Å²) in [5, 5.41) is 2.68. The third kappa shape index (κ3) is 2.50. The molecular formula is C9H5Cl2N3O2. The smallest absolute Gasteiger partial charge is 0.292 e. The van der Waals surface area contributed by atoms with Gasteiger partial charge in [-0.05, 0) is 41.4 Å². The largest absolute Gasteiger partial charge is 0.440 e. The van der Waals surface area contributed by atoms with Crippen LogP contribution in [0.5, 0.6) is 0 Å². The molecule has 0 bridgehead atoms. The molecule has 0 aliphatic carbocycles. The summed E-state index contributed by atoms with van der Waals surface area (Å²) in [6.45, 7) is 0. The zero-order valence-electron chi connectivity index (χ0n) is 7.78. The molecule has 0 atom stereocenters. The number of rotatable bonds is 2. The number of carbonyl (C=O) groups excluding carboxylic acids is 1. The van der Waals surface area contributed by atoms with Crippen molar-refractivity contribution in [1.82, 2.24) is 9.97 Å². The first kappa shape index (κ1) is 10.9. The SMILES string of the molecule is O=C(Nc1ccnc(Cl)n1)c1ccc(Cl)o1. The predicted octanol–water partition coefficient (Wildman–Crippen LogP) is 2.63. The van der Waals surface area contributed by atoms with Crippen LogP contribution in [0, 0.1) is 0 Å². The van der Waals surface area contributed by atoms with Crippen molar-refractivity contribution in [3.63, 3.8) is 0 Å². The average Bonchev–Trinajstić information content (AvgIpc) is 2.65. The van der Waals surface area contributed by atoms with E-state index in [0.717, 1.165) is 0 Å². The van der Waals surface area contributed by atoms with E-state index >= 15 is 0 Å². The molecule has 2 rings (SSSR count). The lowest BCUT2D eigenvalue weighted by Gasteiger charge is -2.01. The second-order valence-electron chi connectivity index (χ2n) is 2.77. The number of hydrogen-bond donors (Lipinski definition) is 1. The molecule has 0 spiro atoms. The van der Waals surface area contributed by atoms with Crippen molar-refractivity contribution >= 4 is 34.9 Å². The summed E-state index contributed by atoms with van der Waals surface area (Å²) < 4.78 is 4.92. The molecule has 2 aromatic heterocycles. The molecule has 1 N–H and O–H groups in total. The fourth-order valence-electron chi connectivity index (χ4n) is 1.02. The third-order valence-corrected chi connectivity index (χ3v) is 2.05. The van der Waals surface area contributed by atoms with Gasteiger partial charge in [0.15, 0.2) is 11.0 Å². The lowest BCUT2D eigenvalue weighted by atomic mass is 10.4. The van der Waals surface area contributed by atoms with Crippen LogP contribution in [-0.4, -0.2) is 15.9 Å². The van der Waals surface area contributed by atoms with Crippen molar-refractivity contribution in [2.45, 2.75) is 0 Å². The van der Waals surface area contributed by atoms with Crippen LogP contribution in [0.2, 0.25) is 10.5 Å². The first-order valence-electron chi connectivity index (χ1n) is 4.20. The van der Waals surface area contributed by atoms with Gasteiger partial charge in [-0.1, -0.05) is 0 Å². The van der Waals surface area contributed by atoms with Crippen LogP contribution < -0.4 is 5.32 Å². The number of aromatic nitrogens is 2. The summed E-state index contributed by atoms with van der Waals surface area (Å²) in [6, 6.07) is 4.44. The Labute approximate surface area is 100 Å². The second-order valence-corrected chi connectivity index (χ2v) is 3.48. The second kappa shape index (κ2) is 4.51. The van der Waals surface area contributed by atoms with E-state index in [1.54, 1.807) is 0 Å². The maximum absolute atomic E-state index is 11.6. The fraction of sp³-hybridized carbons (Fsp3) is 0. The van der Waals surface area contributed by atoms with E-state index in [9.17, 15) is 4.79 Å². The summed E-state index contributed by atoms with van der Waals surface area (Å²) in [4.78, 5) is 19.0. The molecule has 2 aromatic rings. The lowest BCUT2D eigenvalue weighted by Crippen LogP contribution is -2.12. The van der Waals surface area contributed by atoms with Crippen LogP contribution in [0.4, 0.5) is 5.82 Å². The molecule has 0 unspecified atom stereocenters. The van der Waals surface area contributed by atoms with Gasteiger partial charge in [-0.15, -0.1) is 0 Å². The van der Waals surface area contributed by atoms with E-state index in [-0.39, 0.29) is 22.1 Å². The Bertz CT molecular complexity index is 527. The van der Waals surface area contributed by atoms with Crippen molar-refractivity contribution in [2.24, 2.45) is 0 Å². The zero-order chi connectivity index (χ0) is 11.5. The Morgan fingerprint density at radius 2 is 2.12 bits per heavy atom. The quantitative estimate of drug-likeness (QED) is 0.840. The molecule has 0 radical (unpaired) electrons. The minimum atomic E-state index is -0.457. The first-order chi connectivity index (χ1) is 7.65. The number of amides is 1. The Balaban J connectivity index is 2.13. The zero-order valence-corrected chi connectivity index (χ0v) is 9.29. The molecule has 7 heteroatoms. The van der Waals surface area contributed by atoms with Gasteiger partial charge in [0, 0.05) is 6.20 Å². The molecule has 16 heavy (non-hydrogen) atoms. The topological polar surface area (TPSA) is 68.0 Å². The van der Waals surface area contributed by atoms with Gasteiger partial charge in [-0.2, -0.15) is 0 Å². The van der Waals surface area contributed by atoms with Crippen molar-refractivity contribution in [2.75, 3.05) is 5.32 Å². The average molecular weight is 258 g/mol. The number of halogens is 2. The molecular weight excluding hydrogens is 253 g/mol. The highest BCUT2D eigenvalue weighted by molar-refractivity contribution is 6.29. The molecule has 0 saturated heterocycles. The van der Waals surface area contributed by atoms with Crippen LogP contribution >= 0.6 is 23.2 Å². The van der Waals surface area contributed by atoms with E-state index in [1.165, 1.54) is 24.4 Å². The van der Waals surface area contributed by atoms with Crippen LogP contribution in [0.3, 0.4) is 0 Å². The maximum atomic E-state index is 11.6. The monoisotopic (exact) mass is 257 g/mol. The standard InChI is InChI=1S/C9H5Cl2N3O2/c10-6-2-1-5(16-6)8(15)13-7-3-4-12-9(11)14-7/h1-4H,(H,12,13,14,15). The highest BCUT2D eigenvalue weighted by Gasteiger charge is 2.11. The highest BCUT2D eigenvalue weighted by Crippen LogP contribution is 2.14. The number of nitrogens with zero attached hydrogens (tertiary/aromatic N) is 2. The van der Waals surface area contributed by atoms with Gasteiger partial charge in [0.05, 0.1) is 0 Å². The molecule has 0 saturated carbocycles. The number of furan rings is 1. The number of nitrogens with one attached hydrogen (secondary N) is 1. The molecule has 0 aromatic carbocycles. The predicted molar refractivity (Wildman–Crippen MR) is 58.7 cm³/mol. The Morgan fingerprint density at radius 3 is 2.75 bits per heavy atom. The number of anilines is 1.